The van der Waals surface area contributed by atoms with Crippen LogP contribution in [0.1, 0.15) is 19.6 Å². The Morgan fingerprint density at radius 2 is 2.00 bits per heavy atom. The predicted octanol–water partition coefficient (Wildman–Crippen LogP) is 1.19. The van der Waals surface area contributed by atoms with E-state index in [0.717, 1.165) is 5.76 Å². The minimum Gasteiger partial charge on any atom is -0.467 e. The first kappa shape index (κ1) is 15.1. The molecule has 1 aromatic heterocycles. The number of hydrogen-bond acceptors (Lipinski definition) is 3. The Bertz CT molecular complexity index is 401. The molecule has 106 valence electrons. The molecule has 6 heteroatoms. The maximum Gasteiger partial charge on any atom is 0.317 e. The highest BCUT2D eigenvalue weighted by Crippen LogP contribution is 2.03. The zero-order valence-electron chi connectivity index (χ0n) is 11.6. The molecule has 0 spiro atoms. The van der Waals surface area contributed by atoms with Crippen molar-refractivity contribution in [2.45, 2.75) is 20.4 Å². The van der Waals surface area contributed by atoms with Crippen molar-refractivity contribution in [2.75, 3.05) is 20.1 Å². The first-order valence-electron chi connectivity index (χ1n) is 6.29. The molecule has 0 fully saturated rings. The molecule has 19 heavy (non-hydrogen) atoms. The van der Waals surface area contributed by atoms with Crippen LogP contribution in [0.2, 0.25) is 0 Å². The number of carbonyl (C=O) groups excluding carboxylic acids is 2. The Kier molecular flexibility index (Phi) is 5.92. The lowest BCUT2D eigenvalue weighted by Crippen LogP contribution is -2.41. The second kappa shape index (κ2) is 7.45. The van der Waals surface area contributed by atoms with E-state index in [-0.39, 0.29) is 17.9 Å². The van der Waals surface area contributed by atoms with Crippen molar-refractivity contribution >= 4 is 11.9 Å². The van der Waals surface area contributed by atoms with Gasteiger partial charge in [-0.3, -0.25) is 4.79 Å². The monoisotopic (exact) mass is 267 g/mol. The van der Waals surface area contributed by atoms with Crippen LogP contribution < -0.4 is 10.6 Å². The van der Waals surface area contributed by atoms with E-state index in [2.05, 4.69) is 10.6 Å². The second-order valence-electron chi connectivity index (χ2n) is 4.61. The van der Waals surface area contributed by atoms with Crippen LogP contribution in [0.3, 0.4) is 0 Å². The van der Waals surface area contributed by atoms with Gasteiger partial charge in [0.25, 0.3) is 0 Å². The fraction of sp³-hybridized carbons (Fsp3) is 0.538. The van der Waals surface area contributed by atoms with Crippen LogP contribution in [-0.2, 0) is 11.3 Å². The molecule has 0 aliphatic carbocycles. The third-order valence-electron chi connectivity index (χ3n) is 2.54. The van der Waals surface area contributed by atoms with Gasteiger partial charge in [0, 0.05) is 26.1 Å². The summed E-state index contributed by atoms with van der Waals surface area (Å²) in [6, 6.07) is 3.39. The summed E-state index contributed by atoms with van der Waals surface area (Å²) in [5.41, 5.74) is 0. The number of nitrogens with one attached hydrogen (secondary N) is 2. The molecule has 0 bridgehead atoms. The van der Waals surface area contributed by atoms with Gasteiger partial charge in [-0.1, -0.05) is 13.8 Å². The number of nitrogens with zero attached hydrogens (tertiary/aromatic N) is 1. The summed E-state index contributed by atoms with van der Waals surface area (Å²) in [7, 11) is 1.69. The normalized spacial score (nSPS) is 10.3. The Morgan fingerprint density at radius 1 is 1.32 bits per heavy atom. The summed E-state index contributed by atoms with van der Waals surface area (Å²) < 4.78 is 5.16. The largest absolute Gasteiger partial charge is 0.467 e. The van der Waals surface area contributed by atoms with Gasteiger partial charge in [-0.15, -0.1) is 0 Å². The highest BCUT2D eigenvalue weighted by molar-refractivity contribution is 5.78. The van der Waals surface area contributed by atoms with Gasteiger partial charge >= 0.3 is 6.03 Å². The summed E-state index contributed by atoms with van der Waals surface area (Å²) in [5, 5.41) is 5.45. The van der Waals surface area contributed by atoms with Crippen molar-refractivity contribution in [3.8, 4) is 0 Å². The number of hydrogen-bond donors (Lipinski definition) is 2. The van der Waals surface area contributed by atoms with E-state index < -0.39 is 0 Å². The molecule has 0 aliphatic rings. The van der Waals surface area contributed by atoms with Gasteiger partial charge in [0.05, 0.1) is 12.8 Å². The van der Waals surface area contributed by atoms with Gasteiger partial charge in [0.15, 0.2) is 0 Å². The van der Waals surface area contributed by atoms with Gasteiger partial charge in [-0.05, 0) is 12.1 Å². The highest BCUT2D eigenvalue weighted by atomic mass is 16.3. The van der Waals surface area contributed by atoms with E-state index in [1.54, 1.807) is 19.4 Å². The lowest BCUT2D eigenvalue weighted by molar-refractivity contribution is -0.123. The SMILES string of the molecule is CC(C)C(=O)NCCNC(=O)N(C)Cc1ccco1. The lowest BCUT2D eigenvalue weighted by atomic mass is 10.2. The molecular formula is C13H21N3O3. The first-order chi connectivity index (χ1) is 9.00. The lowest BCUT2D eigenvalue weighted by Gasteiger charge is -2.17. The zero-order valence-corrected chi connectivity index (χ0v) is 11.6. The Labute approximate surface area is 113 Å². The summed E-state index contributed by atoms with van der Waals surface area (Å²) >= 11 is 0. The van der Waals surface area contributed by atoms with Crippen molar-refractivity contribution in [3.05, 3.63) is 24.2 Å². The van der Waals surface area contributed by atoms with Crippen LogP contribution in [-0.4, -0.2) is 37.0 Å². The minimum absolute atomic E-state index is 0.0156. The first-order valence-corrected chi connectivity index (χ1v) is 6.29. The van der Waals surface area contributed by atoms with Gasteiger partial charge in [0.1, 0.15) is 5.76 Å². The van der Waals surface area contributed by atoms with Crippen LogP contribution in [0.25, 0.3) is 0 Å². The van der Waals surface area contributed by atoms with Gasteiger partial charge in [-0.25, -0.2) is 4.79 Å². The average Bonchev–Trinajstić information content (AvgIpc) is 2.86. The van der Waals surface area contributed by atoms with E-state index >= 15 is 0 Å². The summed E-state index contributed by atoms with van der Waals surface area (Å²) in [6.07, 6.45) is 1.57. The van der Waals surface area contributed by atoms with Gasteiger partial charge in [-0.2, -0.15) is 0 Å². The zero-order chi connectivity index (χ0) is 14.3. The number of carbonyl (C=O) groups is 2. The molecular weight excluding hydrogens is 246 g/mol. The van der Waals surface area contributed by atoms with Crippen LogP contribution in [0.15, 0.2) is 22.8 Å². The Morgan fingerprint density at radius 3 is 2.58 bits per heavy atom. The molecule has 0 saturated carbocycles. The molecule has 0 saturated heterocycles. The van der Waals surface area contributed by atoms with E-state index in [9.17, 15) is 9.59 Å². The second-order valence-corrected chi connectivity index (χ2v) is 4.61. The molecule has 1 heterocycles. The molecule has 2 N–H and O–H groups in total. The fourth-order valence-corrected chi connectivity index (χ4v) is 1.40. The van der Waals surface area contributed by atoms with Crippen molar-refractivity contribution in [2.24, 2.45) is 5.92 Å². The number of furan rings is 1. The summed E-state index contributed by atoms with van der Waals surface area (Å²) in [4.78, 5) is 24.5. The average molecular weight is 267 g/mol. The van der Waals surface area contributed by atoms with Crippen molar-refractivity contribution in [3.63, 3.8) is 0 Å². The van der Waals surface area contributed by atoms with Crippen molar-refractivity contribution in [1.82, 2.24) is 15.5 Å². The molecule has 6 nitrogen and oxygen atoms in total. The standard InChI is InChI=1S/C13H21N3O3/c1-10(2)12(17)14-6-7-15-13(18)16(3)9-11-5-4-8-19-11/h4-5,8,10H,6-7,9H2,1-3H3,(H,14,17)(H,15,18). The quantitative estimate of drug-likeness (QED) is 0.760. The fourth-order valence-electron chi connectivity index (χ4n) is 1.40. The van der Waals surface area contributed by atoms with Gasteiger partial charge in [0.2, 0.25) is 5.91 Å². The smallest absolute Gasteiger partial charge is 0.317 e. The number of rotatable bonds is 6. The molecule has 0 aromatic carbocycles. The third-order valence-corrected chi connectivity index (χ3v) is 2.54. The molecule has 3 amide bonds. The molecule has 0 aliphatic heterocycles. The molecule has 1 rings (SSSR count). The van der Waals surface area contributed by atoms with Crippen LogP contribution in [0.5, 0.6) is 0 Å². The van der Waals surface area contributed by atoms with E-state index in [1.807, 2.05) is 19.9 Å². The van der Waals surface area contributed by atoms with Crippen molar-refractivity contribution in [1.29, 1.82) is 0 Å². The maximum atomic E-state index is 11.7. The Hall–Kier alpha value is -1.98. The van der Waals surface area contributed by atoms with Gasteiger partial charge < -0.3 is 20.0 Å². The highest BCUT2D eigenvalue weighted by Gasteiger charge is 2.10. The summed E-state index contributed by atoms with van der Waals surface area (Å²) in [6.45, 7) is 4.89. The number of amides is 3. The third kappa shape index (κ3) is 5.46. The van der Waals surface area contributed by atoms with E-state index in [1.165, 1.54) is 4.90 Å². The van der Waals surface area contributed by atoms with E-state index in [0.29, 0.717) is 19.6 Å². The molecule has 0 atom stereocenters. The van der Waals surface area contributed by atoms with Crippen molar-refractivity contribution < 1.29 is 14.0 Å². The maximum absolute atomic E-state index is 11.7. The van der Waals surface area contributed by atoms with E-state index in [4.69, 9.17) is 4.42 Å². The topological polar surface area (TPSA) is 74.6 Å². The van der Waals surface area contributed by atoms with Crippen LogP contribution in [0.4, 0.5) is 4.79 Å². The molecule has 1 aromatic rings. The summed E-state index contributed by atoms with van der Waals surface area (Å²) in [5.74, 6) is 0.668. The molecule has 0 radical (unpaired) electrons. The number of urea groups is 1. The predicted molar refractivity (Wildman–Crippen MR) is 71.4 cm³/mol. The molecule has 0 unspecified atom stereocenters. The van der Waals surface area contributed by atoms with Crippen LogP contribution >= 0.6 is 0 Å². The van der Waals surface area contributed by atoms with Crippen LogP contribution in [0, 0.1) is 5.92 Å². The minimum atomic E-state index is -0.199. The Balaban J connectivity index is 2.18.